The van der Waals surface area contributed by atoms with Crippen molar-refractivity contribution in [1.82, 2.24) is 10.2 Å². The molecule has 0 aliphatic carbocycles. The van der Waals surface area contributed by atoms with Crippen molar-refractivity contribution in [1.29, 1.82) is 0 Å². The number of hydrogen-bond acceptors (Lipinski definition) is 2. The summed E-state index contributed by atoms with van der Waals surface area (Å²) in [6.45, 7) is 5.00. The molecule has 0 atom stereocenters. The van der Waals surface area contributed by atoms with Gasteiger partial charge in [0.05, 0.1) is 0 Å². The number of benzene rings is 1. The summed E-state index contributed by atoms with van der Waals surface area (Å²) in [6, 6.07) is 4.14. The molecule has 104 valence electrons. The standard InChI is InChI=1S/C12H16F2N2.2ClH/c13-11-2-1-10(9-12(11)14)3-6-16-7-4-15-5-8-16;;/h1-2,9,15H,3-8H2;2*1H. The quantitative estimate of drug-likeness (QED) is 0.921. The summed E-state index contributed by atoms with van der Waals surface area (Å²) in [5.74, 6) is -1.52. The molecule has 0 bridgehead atoms. The van der Waals surface area contributed by atoms with Crippen LogP contribution < -0.4 is 5.32 Å². The Labute approximate surface area is 119 Å². The van der Waals surface area contributed by atoms with Gasteiger partial charge in [-0.3, -0.25) is 0 Å². The Morgan fingerprint density at radius 2 is 1.72 bits per heavy atom. The number of rotatable bonds is 3. The minimum Gasteiger partial charge on any atom is -0.314 e. The summed E-state index contributed by atoms with van der Waals surface area (Å²) in [5, 5.41) is 3.28. The van der Waals surface area contributed by atoms with Crippen molar-refractivity contribution in [3.63, 3.8) is 0 Å². The Bertz CT molecular complexity index is 358. The lowest BCUT2D eigenvalue weighted by molar-refractivity contribution is 0.244. The molecule has 2 nitrogen and oxygen atoms in total. The first-order valence-corrected chi connectivity index (χ1v) is 5.63. The molecule has 6 heteroatoms. The smallest absolute Gasteiger partial charge is 0.159 e. The van der Waals surface area contributed by atoms with Gasteiger partial charge in [0.2, 0.25) is 0 Å². The highest BCUT2D eigenvalue weighted by Gasteiger charge is 2.09. The van der Waals surface area contributed by atoms with Gasteiger partial charge in [0.15, 0.2) is 11.6 Å². The topological polar surface area (TPSA) is 15.3 Å². The van der Waals surface area contributed by atoms with Crippen LogP contribution in [0.1, 0.15) is 5.56 Å². The van der Waals surface area contributed by atoms with Gasteiger partial charge in [-0.1, -0.05) is 6.07 Å². The molecular weight excluding hydrogens is 281 g/mol. The van der Waals surface area contributed by atoms with Gasteiger partial charge in [0.1, 0.15) is 0 Å². The largest absolute Gasteiger partial charge is 0.314 e. The predicted molar refractivity (Wildman–Crippen MR) is 73.9 cm³/mol. The maximum absolute atomic E-state index is 12.9. The van der Waals surface area contributed by atoms with Gasteiger partial charge in [0.25, 0.3) is 0 Å². The van der Waals surface area contributed by atoms with Crippen molar-refractivity contribution in [2.75, 3.05) is 32.7 Å². The van der Waals surface area contributed by atoms with E-state index in [4.69, 9.17) is 0 Å². The van der Waals surface area contributed by atoms with Gasteiger partial charge in [-0.15, -0.1) is 24.8 Å². The second-order valence-corrected chi connectivity index (χ2v) is 4.09. The van der Waals surface area contributed by atoms with Crippen molar-refractivity contribution >= 4 is 24.8 Å². The number of hydrogen-bond donors (Lipinski definition) is 1. The van der Waals surface area contributed by atoms with Gasteiger partial charge in [0, 0.05) is 32.7 Å². The third-order valence-corrected chi connectivity index (χ3v) is 2.91. The molecule has 0 spiro atoms. The van der Waals surface area contributed by atoms with Crippen molar-refractivity contribution in [3.05, 3.63) is 35.4 Å². The molecule has 0 aromatic heterocycles. The van der Waals surface area contributed by atoms with E-state index in [1.165, 1.54) is 12.1 Å². The predicted octanol–water partition coefficient (Wildman–Crippen LogP) is 2.26. The van der Waals surface area contributed by atoms with Gasteiger partial charge in [-0.2, -0.15) is 0 Å². The zero-order valence-corrected chi connectivity index (χ0v) is 11.6. The number of nitrogens with zero attached hydrogens (tertiary/aromatic N) is 1. The molecule has 18 heavy (non-hydrogen) atoms. The van der Waals surface area contributed by atoms with Gasteiger partial charge in [-0.25, -0.2) is 8.78 Å². The molecule has 1 N–H and O–H groups in total. The Hall–Kier alpha value is -0.420. The van der Waals surface area contributed by atoms with Crippen LogP contribution in [0.15, 0.2) is 18.2 Å². The molecule has 1 fully saturated rings. The highest BCUT2D eigenvalue weighted by Crippen LogP contribution is 2.09. The first kappa shape index (κ1) is 17.6. The molecule has 0 amide bonds. The van der Waals surface area contributed by atoms with Crippen LogP contribution in [0.2, 0.25) is 0 Å². The number of piperazine rings is 1. The summed E-state index contributed by atoms with van der Waals surface area (Å²) in [7, 11) is 0. The number of halogens is 4. The van der Waals surface area contributed by atoms with Crippen LogP contribution in [0.5, 0.6) is 0 Å². The fourth-order valence-corrected chi connectivity index (χ4v) is 1.92. The Balaban J connectivity index is 0.00000144. The fraction of sp³-hybridized carbons (Fsp3) is 0.500. The maximum atomic E-state index is 12.9. The zero-order chi connectivity index (χ0) is 11.4. The molecule has 1 heterocycles. The van der Waals surface area contributed by atoms with Gasteiger partial charge in [-0.05, 0) is 24.1 Å². The van der Waals surface area contributed by atoms with Crippen LogP contribution >= 0.6 is 24.8 Å². The lowest BCUT2D eigenvalue weighted by Gasteiger charge is -2.27. The SMILES string of the molecule is Cl.Cl.Fc1ccc(CCN2CCNCC2)cc1F. The lowest BCUT2D eigenvalue weighted by atomic mass is 10.1. The zero-order valence-electron chi connectivity index (χ0n) is 9.99. The summed E-state index contributed by atoms with van der Waals surface area (Å²) >= 11 is 0. The van der Waals surface area contributed by atoms with Crippen molar-refractivity contribution in [2.24, 2.45) is 0 Å². The van der Waals surface area contributed by atoms with E-state index in [0.717, 1.165) is 44.7 Å². The molecule has 1 aliphatic heterocycles. The highest BCUT2D eigenvalue weighted by molar-refractivity contribution is 5.85. The van der Waals surface area contributed by atoms with Crippen LogP contribution in [0.25, 0.3) is 0 Å². The van der Waals surface area contributed by atoms with E-state index in [9.17, 15) is 8.78 Å². The first-order chi connectivity index (χ1) is 7.75. The minimum atomic E-state index is -0.772. The van der Waals surface area contributed by atoms with Crippen molar-refractivity contribution in [3.8, 4) is 0 Å². The Kier molecular flexibility index (Phi) is 8.44. The summed E-state index contributed by atoms with van der Waals surface area (Å²) in [6.07, 6.45) is 0.775. The van der Waals surface area contributed by atoms with Crippen LogP contribution in [0, 0.1) is 11.6 Å². The van der Waals surface area contributed by atoms with Gasteiger partial charge >= 0.3 is 0 Å². The van der Waals surface area contributed by atoms with E-state index in [1.807, 2.05) is 0 Å². The van der Waals surface area contributed by atoms with E-state index >= 15 is 0 Å². The highest BCUT2D eigenvalue weighted by atomic mass is 35.5. The summed E-state index contributed by atoms with van der Waals surface area (Å²) in [5.41, 5.74) is 0.859. The fourth-order valence-electron chi connectivity index (χ4n) is 1.92. The second-order valence-electron chi connectivity index (χ2n) is 4.09. The number of nitrogens with one attached hydrogen (secondary N) is 1. The molecule has 1 saturated heterocycles. The molecule has 0 saturated carbocycles. The molecule has 0 radical (unpaired) electrons. The van der Waals surface area contributed by atoms with E-state index in [2.05, 4.69) is 10.2 Å². The molecule has 0 unspecified atom stereocenters. The summed E-state index contributed by atoms with van der Waals surface area (Å²) < 4.78 is 25.6. The minimum absolute atomic E-state index is 0. The average molecular weight is 299 g/mol. The van der Waals surface area contributed by atoms with Crippen molar-refractivity contribution in [2.45, 2.75) is 6.42 Å². The molecule has 1 aromatic rings. The second kappa shape index (κ2) is 8.64. The molecule has 2 rings (SSSR count). The summed E-state index contributed by atoms with van der Waals surface area (Å²) in [4.78, 5) is 2.33. The van der Waals surface area contributed by atoms with E-state index in [1.54, 1.807) is 6.07 Å². The van der Waals surface area contributed by atoms with Crippen molar-refractivity contribution < 1.29 is 8.78 Å². The van der Waals surface area contributed by atoms with Crippen LogP contribution in [0.4, 0.5) is 8.78 Å². The normalized spacial score (nSPS) is 15.7. The third kappa shape index (κ3) is 5.06. The van der Waals surface area contributed by atoms with E-state index in [0.29, 0.717) is 0 Å². The first-order valence-electron chi connectivity index (χ1n) is 5.63. The molecule has 1 aliphatic rings. The van der Waals surface area contributed by atoms with Crippen LogP contribution in [0.3, 0.4) is 0 Å². The lowest BCUT2D eigenvalue weighted by Crippen LogP contribution is -2.44. The average Bonchev–Trinajstić information content (AvgIpc) is 2.32. The third-order valence-electron chi connectivity index (χ3n) is 2.91. The molecular formula is C12H18Cl2F2N2. The maximum Gasteiger partial charge on any atom is 0.159 e. The van der Waals surface area contributed by atoms with Crippen LogP contribution in [-0.2, 0) is 6.42 Å². The van der Waals surface area contributed by atoms with E-state index in [-0.39, 0.29) is 24.8 Å². The van der Waals surface area contributed by atoms with Gasteiger partial charge < -0.3 is 10.2 Å². The van der Waals surface area contributed by atoms with E-state index < -0.39 is 11.6 Å². The monoisotopic (exact) mass is 298 g/mol. The van der Waals surface area contributed by atoms with Crippen LogP contribution in [-0.4, -0.2) is 37.6 Å². The Morgan fingerprint density at radius 3 is 2.33 bits per heavy atom. The molecule has 1 aromatic carbocycles. The Morgan fingerprint density at radius 1 is 1.06 bits per heavy atom.